The molecule has 1 aliphatic rings. The second-order valence-electron chi connectivity index (χ2n) is 7.05. The summed E-state index contributed by atoms with van der Waals surface area (Å²) in [7, 11) is 1.62. The van der Waals surface area contributed by atoms with Crippen LogP contribution in [0.4, 0.5) is 0 Å². The second kappa shape index (κ2) is 9.50. The van der Waals surface area contributed by atoms with Gasteiger partial charge in [0.1, 0.15) is 5.75 Å². The van der Waals surface area contributed by atoms with Crippen molar-refractivity contribution in [3.8, 4) is 17.1 Å². The van der Waals surface area contributed by atoms with Crippen LogP contribution < -0.4 is 15.8 Å². The number of ether oxygens (including phenoxy) is 1. The number of methoxy groups -OCH3 is 1. The van der Waals surface area contributed by atoms with Crippen molar-refractivity contribution in [1.29, 1.82) is 0 Å². The molecule has 1 heterocycles. The normalized spacial score (nSPS) is 16.1. The lowest BCUT2D eigenvalue weighted by molar-refractivity contribution is -0.122. The molecule has 1 aliphatic carbocycles. The predicted molar refractivity (Wildman–Crippen MR) is 102 cm³/mol. The van der Waals surface area contributed by atoms with Crippen LogP contribution >= 0.6 is 0 Å². The smallest absolute Gasteiger partial charge is 0.227 e. The Hall–Kier alpha value is -2.41. The van der Waals surface area contributed by atoms with Gasteiger partial charge in [0.15, 0.2) is 0 Å². The fraction of sp³-hybridized carbons (Fsp3) is 0.550. The van der Waals surface area contributed by atoms with Crippen molar-refractivity contribution >= 4 is 5.91 Å². The van der Waals surface area contributed by atoms with Crippen LogP contribution in [0.25, 0.3) is 11.4 Å². The molecule has 27 heavy (non-hydrogen) atoms. The van der Waals surface area contributed by atoms with Crippen LogP contribution in [0.5, 0.6) is 5.75 Å². The predicted octanol–water partition coefficient (Wildman–Crippen LogP) is 2.70. The molecule has 1 saturated carbocycles. The summed E-state index contributed by atoms with van der Waals surface area (Å²) in [6.45, 7) is 0.485. The van der Waals surface area contributed by atoms with Crippen molar-refractivity contribution in [2.45, 2.75) is 51.0 Å². The van der Waals surface area contributed by atoms with E-state index in [1.54, 1.807) is 7.11 Å². The number of amides is 1. The third kappa shape index (κ3) is 5.29. The molecule has 0 aliphatic heterocycles. The van der Waals surface area contributed by atoms with Crippen molar-refractivity contribution in [1.82, 2.24) is 15.5 Å². The second-order valence-corrected chi connectivity index (χ2v) is 7.05. The zero-order valence-electron chi connectivity index (χ0n) is 15.8. The molecule has 0 radical (unpaired) electrons. The Balaban J connectivity index is 1.50. The van der Waals surface area contributed by atoms with Gasteiger partial charge in [-0.2, -0.15) is 4.98 Å². The highest BCUT2D eigenvalue weighted by molar-refractivity contribution is 5.76. The van der Waals surface area contributed by atoms with Gasteiger partial charge in [-0.05, 0) is 43.0 Å². The number of carbonyl (C=O) groups excluding carboxylic acids is 1. The number of nitrogens with two attached hydrogens (primary N) is 1. The van der Waals surface area contributed by atoms with Crippen molar-refractivity contribution in [2.24, 2.45) is 11.7 Å². The molecule has 0 spiro atoms. The molecular weight excluding hydrogens is 344 g/mol. The van der Waals surface area contributed by atoms with E-state index < -0.39 is 0 Å². The van der Waals surface area contributed by atoms with Crippen LogP contribution in [-0.4, -0.2) is 35.7 Å². The number of nitrogens with zero attached hydrogens (tertiary/aromatic N) is 2. The number of hydrogen-bond acceptors (Lipinski definition) is 6. The van der Waals surface area contributed by atoms with E-state index in [0.717, 1.165) is 24.2 Å². The fourth-order valence-corrected chi connectivity index (χ4v) is 3.62. The van der Waals surface area contributed by atoms with E-state index in [0.29, 0.717) is 37.0 Å². The number of carbonyl (C=O) groups is 1. The third-order valence-electron chi connectivity index (χ3n) is 5.20. The minimum Gasteiger partial charge on any atom is -0.497 e. The van der Waals surface area contributed by atoms with Gasteiger partial charge >= 0.3 is 0 Å². The van der Waals surface area contributed by atoms with Crippen LogP contribution in [0, 0.1) is 5.92 Å². The zero-order chi connectivity index (χ0) is 19.1. The van der Waals surface area contributed by atoms with Gasteiger partial charge in [0.25, 0.3) is 0 Å². The van der Waals surface area contributed by atoms with E-state index in [1.165, 1.54) is 19.3 Å². The van der Waals surface area contributed by atoms with Crippen molar-refractivity contribution < 1.29 is 14.1 Å². The lowest BCUT2D eigenvalue weighted by Crippen LogP contribution is -2.46. The van der Waals surface area contributed by atoms with E-state index in [4.69, 9.17) is 15.0 Å². The maximum atomic E-state index is 12.3. The summed E-state index contributed by atoms with van der Waals surface area (Å²) in [4.78, 5) is 16.7. The molecule has 0 saturated heterocycles. The van der Waals surface area contributed by atoms with Gasteiger partial charge in [-0.1, -0.05) is 24.4 Å². The lowest BCUT2D eigenvalue weighted by Gasteiger charge is -2.30. The average Bonchev–Trinajstić information content (AvgIpc) is 3.20. The van der Waals surface area contributed by atoms with Crippen molar-refractivity contribution in [3.63, 3.8) is 0 Å². The SMILES string of the molecule is COc1ccc(-c2noc(CCC(=O)NC(CN)C3CCCCC3)n2)cc1. The number of aromatic nitrogens is 2. The molecule has 1 aromatic carbocycles. The highest BCUT2D eigenvalue weighted by Gasteiger charge is 2.24. The molecule has 7 heteroatoms. The molecule has 146 valence electrons. The molecular formula is C20H28N4O3. The maximum Gasteiger partial charge on any atom is 0.227 e. The first-order valence-electron chi connectivity index (χ1n) is 9.66. The van der Waals surface area contributed by atoms with Crippen LogP contribution in [-0.2, 0) is 11.2 Å². The highest BCUT2D eigenvalue weighted by Crippen LogP contribution is 2.26. The average molecular weight is 372 g/mol. The lowest BCUT2D eigenvalue weighted by atomic mass is 9.84. The van der Waals surface area contributed by atoms with Crippen molar-refractivity contribution in [3.05, 3.63) is 30.2 Å². The molecule has 1 fully saturated rings. The monoisotopic (exact) mass is 372 g/mol. The van der Waals surface area contributed by atoms with Gasteiger partial charge in [-0.3, -0.25) is 4.79 Å². The number of hydrogen-bond donors (Lipinski definition) is 2. The molecule has 1 atom stereocenters. The summed E-state index contributed by atoms with van der Waals surface area (Å²) in [6, 6.07) is 7.50. The molecule has 3 rings (SSSR count). The highest BCUT2D eigenvalue weighted by atomic mass is 16.5. The van der Waals surface area contributed by atoms with Gasteiger partial charge in [0, 0.05) is 31.0 Å². The van der Waals surface area contributed by atoms with Crippen molar-refractivity contribution in [2.75, 3.05) is 13.7 Å². The maximum absolute atomic E-state index is 12.3. The standard InChI is InChI=1S/C20H28N4O3/c1-26-16-9-7-15(8-10-16)20-23-19(27-24-20)12-11-18(25)22-17(13-21)14-5-3-2-4-6-14/h7-10,14,17H,2-6,11-13,21H2,1H3,(H,22,25). The van der Waals surface area contributed by atoms with E-state index in [1.807, 2.05) is 24.3 Å². The van der Waals surface area contributed by atoms with Crippen LogP contribution in [0.15, 0.2) is 28.8 Å². The topological polar surface area (TPSA) is 103 Å². The first-order valence-corrected chi connectivity index (χ1v) is 9.66. The fourth-order valence-electron chi connectivity index (χ4n) is 3.62. The van der Waals surface area contributed by atoms with Crippen LogP contribution in [0.2, 0.25) is 0 Å². The number of rotatable bonds is 8. The van der Waals surface area contributed by atoms with E-state index in [9.17, 15) is 4.79 Å². The largest absolute Gasteiger partial charge is 0.497 e. The summed E-state index contributed by atoms with van der Waals surface area (Å²) in [5.74, 6) is 2.22. The molecule has 1 unspecified atom stereocenters. The Morgan fingerprint density at radius 1 is 1.30 bits per heavy atom. The van der Waals surface area contributed by atoms with E-state index in [-0.39, 0.29) is 11.9 Å². The molecule has 7 nitrogen and oxygen atoms in total. The molecule has 3 N–H and O–H groups in total. The Morgan fingerprint density at radius 3 is 2.70 bits per heavy atom. The van der Waals surface area contributed by atoms with E-state index >= 15 is 0 Å². The molecule has 0 bridgehead atoms. The van der Waals surface area contributed by atoms with Gasteiger partial charge in [0.2, 0.25) is 17.6 Å². The number of benzene rings is 1. The Morgan fingerprint density at radius 2 is 2.04 bits per heavy atom. The summed E-state index contributed by atoms with van der Waals surface area (Å²) >= 11 is 0. The first kappa shape index (κ1) is 19.4. The minimum atomic E-state index is -0.0137. The number of aryl methyl sites for hydroxylation is 1. The van der Waals surface area contributed by atoms with E-state index in [2.05, 4.69) is 15.5 Å². The summed E-state index contributed by atoms with van der Waals surface area (Å²) in [5.41, 5.74) is 6.73. The van der Waals surface area contributed by atoms with Crippen LogP contribution in [0.3, 0.4) is 0 Å². The van der Waals surface area contributed by atoms with Gasteiger partial charge in [0.05, 0.1) is 7.11 Å². The zero-order valence-corrected chi connectivity index (χ0v) is 15.8. The summed E-state index contributed by atoms with van der Waals surface area (Å²) in [5, 5.41) is 7.08. The van der Waals surface area contributed by atoms with Gasteiger partial charge < -0.3 is 20.3 Å². The third-order valence-corrected chi connectivity index (χ3v) is 5.20. The summed E-state index contributed by atoms with van der Waals surface area (Å²) in [6.07, 6.45) is 6.77. The van der Waals surface area contributed by atoms with Gasteiger partial charge in [-0.25, -0.2) is 0 Å². The molecule has 2 aromatic rings. The van der Waals surface area contributed by atoms with Crippen LogP contribution in [0.1, 0.15) is 44.4 Å². The summed E-state index contributed by atoms with van der Waals surface area (Å²) < 4.78 is 10.4. The molecule has 1 aromatic heterocycles. The Bertz CT molecular complexity index is 723. The quantitative estimate of drug-likeness (QED) is 0.738. The Kier molecular flexibility index (Phi) is 6.81. The van der Waals surface area contributed by atoms with Gasteiger partial charge in [-0.15, -0.1) is 0 Å². The molecule has 1 amide bonds. The number of nitrogens with one attached hydrogen (secondary N) is 1. The Labute approximate surface area is 159 Å². The first-order chi connectivity index (χ1) is 13.2. The minimum absolute atomic E-state index is 0.0137.